The number of halogens is 1. The third-order valence-corrected chi connectivity index (χ3v) is 6.22. The number of nitrogens with one attached hydrogen (secondary N) is 2. The molecular formula is C31H23FN4O3. The number of benzene rings is 3. The van der Waals surface area contributed by atoms with Crippen LogP contribution < -0.4 is 14.8 Å². The number of nitrogens with zero attached hydrogens (tertiary/aromatic N) is 2. The van der Waals surface area contributed by atoms with Crippen LogP contribution in [-0.2, 0) is 0 Å². The molecule has 2 aromatic heterocycles. The molecule has 3 aromatic carbocycles. The minimum absolute atomic E-state index is 0.208. The minimum Gasteiger partial charge on any atom is -0.486 e. The van der Waals surface area contributed by atoms with Gasteiger partial charge in [0.2, 0.25) is 0 Å². The lowest BCUT2D eigenvalue weighted by Gasteiger charge is -2.18. The predicted molar refractivity (Wildman–Crippen MR) is 146 cm³/mol. The van der Waals surface area contributed by atoms with Gasteiger partial charge in [-0.1, -0.05) is 30.3 Å². The fourth-order valence-electron chi connectivity index (χ4n) is 4.28. The molecule has 1 unspecified atom stereocenters. The highest BCUT2D eigenvalue weighted by Crippen LogP contribution is 2.29. The number of aromatic amines is 1. The molecule has 2 N–H and O–H groups in total. The van der Waals surface area contributed by atoms with Crippen molar-refractivity contribution in [3.05, 3.63) is 127 Å². The van der Waals surface area contributed by atoms with Crippen molar-refractivity contribution in [2.45, 2.75) is 12.5 Å². The predicted octanol–water partition coefficient (Wildman–Crippen LogP) is 6.58. The Hall–Kier alpha value is -5.24. The van der Waals surface area contributed by atoms with Gasteiger partial charge in [-0.25, -0.2) is 4.39 Å². The number of para-hydroxylation sites is 1. The van der Waals surface area contributed by atoms with Gasteiger partial charge in [-0.05, 0) is 72.3 Å². The van der Waals surface area contributed by atoms with E-state index in [0.29, 0.717) is 29.0 Å². The fraction of sp³-hybridized carbons (Fsp3) is 0.0645. The summed E-state index contributed by atoms with van der Waals surface area (Å²) in [5, 5.41) is 10.8. The van der Waals surface area contributed by atoms with E-state index in [1.54, 1.807) is 30.6 Å². The van der Waals surface area contributed by atoms with Gasteiger partial charge in [0.05, 0.1) is 11.7 Å². The Morgan fingerprint density at radius 3 is 2.56 bits per heavy atom. The minimum atomic E-state index is -0.327. The van der Waals surface area contributed by atoms with Crippen LogP contribution in [0.15, 0.2) is 115 Å². The van der Waals surface area contributed by atoms with Crippen LogP contribution in [0, 0.1) is 5.82 Å². The first-order valence-electron chi connectivity index (χ1n) is 12.4. The van der Waals surface area contributed by atoms with Gasteiger partial charge in [-0.15, -0.1) is 0 Å². The van der Waals surface area contributed by atoms with Crippen molar-refractivity contribution in [3.63, 3.8) is 0 Å². The summed E-state index contributed by atoms with van der Waals surface area (Å²) in [6, 6.07) is 23.0. The van der Waals surface area contributed by atoms with Crippen molar-refractivity contribution in [3.8, 4) is 28.4 Å². The van der Waals surface area contributed by atoms with Crippen molar-refractivity contribution >= 4 is 16.8 Å². The van der Waals surface area contributed by atoms with E-state index in [9.17, 15) is 9.18 Å². The van der Waals surface area contributed by atoms with Crippen LogP contribution in [0.2, 0.25) is 0 Å². The molecule has 6 rings (SSSR count). The number of fused-ring (bicyclic) bond motifs is 1. The highest BCUT2D eigenvalue weighted by Gasteiger charge is 2.18. The highest BCUT2D eigenvalue weighted by atomic mass is 19.1. The van der Waals surface area contributed by atoms with E-state index in [-0.39, 0.29) is 23.5 Å². The number of amides is 1. The Bertz CT molecular complexity index is 1690. The standard InChI is InChI=1S/C31H23FN4O3/c32-22-7-11-25(12-8-22)38-26-13-9-23(10-14-26)34-31(37)30-28-17-20(6-15-29(28)35-36-30)21-16-27(19-33-18-21)39-24-4-2-1-3-5-24/h1-13,15-19,26H,14H2,(H,34,37)(H,35,36). The lowest BCUT2D eigenvalue weighted by molar-refractivity contribution is 0.0963. The zero-order valence-electron chi connectivity index (χ0n) is 20.7. The van der Waals surface area contributed by atoms with Crippen molar-refractivity contribution in [1.29, 1.82) is 0 Å². The molecule has 1 aliphatic rings. The Morgan fingerprint density at radius 2 is 1.77 bits per heavy atom. The Labute approximate surface area is 223 Å². The molecule has 7 nitrogen and oxygen atoms in total. The number of hydrogen-bond acceptors (Lipinski definition) is 5. The molecule has 0 saturated carbocycles. The Morgan fingerprint density at radius 1 is 0.923 bits per heavy atom. The Kier molecular flexibility index (Phi) is 6.57. The summed E-state index contributed by atoms with van der Waals surface area (Å²) in [5.41, 5.74) is 3.41. The second kappa shape index (κ2) is 10.6. The molecule has 1 atom stereocenters. The quantitative estimate of drug-likeness (QED) is 0.254. The maximum atomic E-state index is 13.1. The number of aromatic nitrogens is 3. The van der Waals surface area contributed by atoms with E-state index in [0.717, 1.165) is 22.4 Å². The van der Waals surface area contributed by atoms with Crippen LogP contribution in [0.5, 0.6) is 17.2 Å². The van der Waals surface area contributed by atoms with Gasteiger partial charge in [0.15, 0.2) is 5.69 Å². The van der Waals surface area contributed by atoms with Crippen LogP contribution in [0.4, 0.5) is 4.39 Å². The first-order chi connectivity index (χ1) is 19.1. The van der Waals surface area contributed by atoms with Crippen LogP contribution in [0.25, 0.3) is 22.0 Å². The summed E-state index contributed by atoms with van der Waals surface area (Å²) in [7, 11) is 0. The molecule has 0 saturated heterocycles. The van der Waals surface area contributed by atoms with Gasteiger partial charge < -0.3 is 14.8 Å². The summed E-state index contributed by atoms with van der Waals surface area (Å²) in [5.74, 6) is 1.28. The van der Waals surface area contributed by atoms with Crippen molar-refractivity contribution in [1.82, 2.24) is 20.5 Å². The molecule has 0 spiro atoms. The Balaban J connectivity index is 1.16. The molecular weight excluding hydrogens is 495 g/mol. The zero-order valence-corrected chi connectivity index (χ0v) is 20.7. The van der Waals surface area contributed by atoms with Crippen molar-refractivity contribution in [2.75, 3.05) is 0 Å². The van der Waals surface area contributed by atoms with E-state index in [1.165, 1.54) is 12.1 Å². The molecule has 5 aromatic rings. The number of rotatable bonds is 7. The lowest BCUT2D eigenvalue weighted by atomic mass is 10.0. The van der Waals surface area contributed by atoms with E-state index >= 15 is 0 Å². The van der Waals surface area contributed by atoms with E-state index < -0.39 is 0 Å². The van der Waals surface area contributed by atoms with E-state index in [4.69, 9.17) is 9.47 Å². The summed E-state index contributed by atoms with van der Waals surface area (Å²) in [4.78, 5) is 17.5. The van der Waals surface area contributed by atoms with Crippen LogP contribution in [-0.4, -0.2) is 27.2 Å². The molecule has 39 heavy (non-hydrogen) atoms. The lowest BCUT2D eigenvalue weighted by Crippen LogP contribution is -2.25. The number of carbonyl (C=O) groups is 1. The number of ether oxygens (including phenoxy) is 2. The number of hydrogen-bond donors (Lipinski definition) is 2. The molecule has 0 bridgehead atoms. The molecule has 0 aliphatic heterocycles. The van der Waals surface area contributed by atoms with Gasteiger partial charge in [0, 0.05) is 29.3 Å². The maximum absolute atomic E-state index is 13.1. The molecule has 192 valence electrons. The van der Waals surface area contributed by atoms with E-state index in [1.807, 2.05) is 66.7 Å². The SMILES string of the molecule is O=C(NC1=CCC(Oc2ccc(F)cc2)C=C1)c1n[nH]c2ccc(-c3cncc(Oc4ccccc4)c3)cc12. The van der Waals surface area contributed by atoms with Crippen LogP contribution in [0.3, 0.4) is 0 Å². The van der Waals surface area contributed by atoms with Gasteiger partial charge in [0.1, 0.15) is 29.2 Å². The molecule has 1 amide bonds. The molecule has 2 heterocycles. The first kappa shape index (κ1) is 24.1. The molecule has 0 fully saturated rings. The number of allylic oxidation sites excluding steroid dienone is 1. The third-order valence-electron chi connectivity index (χ3n) is 6.22. The van der Waals surface area contributed by atoms with Crippen molar-refractivity contribution < 1.29 is 18.7 Å². The van der Waals surface area contributed by atoms with Crippen LogP contribution in [0.1, 0.15) is 16.9 Å². The average molecular weight is 519 g/mol. The topological polar surface area (TPSA) is 89.1 Å². The fourth-order valence-corrected chi connectivity index (χ4v) is 4.28. The number of pyridine rings is 1. The summed E-state index contributed by atoms with van der Waals surface area (Å²) >= 11 is 0. The molecule has 8 heteroatoms. The average Bonchev–Trinajstić information content (AvgIpc) is 3.40. The smallest absolute Gasteiger partial charge is 0.276 e. The molecule has 0 radical (unpaired) electrons. The van der Waals surface area contributed by atoms with Gasteiger partial charge in [-0.2, -0.15) is 5.10 Å². The normalized spacial score (nSPS) is 14.6. The monoisotopic (exact) mass is 518 g/mol. The first-order valence-corrected chi connectivity index (χ1v) is 12.4. The summed E-state index contributed by atoms with van der Waals surface area (Å²) in [6.07, 6.45) is 9.30. The molecule has 1 aliphatic carbocycles. The second-order valence-corrected chi connectivity index (χ2v) is 8.98. The zero-order chi connectivity index (χ0) is 26.6. The largest absolute Gasteiger partial charge is 0.486 e. The highest BCUT2D eigenvalue weighted by molar-refractivity contribution is 6.06. The van der Waals surface area contributed by atoms with Crippen LogP contribution >= 0.6 is 0 Å². The van der Waals surface area contributed by atoms with Gasteiger partial charge in [0.25, 0.3) is 5.91 Å². The van der Waals surface area contributed by atoms with E-state index in [2.05, 4.69) is 20.5 Å². The van der Waals surface area contributed by atoms with Crippen molar-refractivity contribution in [2.24, 2.45) is 0 Å². The summed E-state index contributed by atoms with van der Waals surface area (Å²) < 4.78 is 24.9. The number of carbonyl (C=O) groups excluding carboxylic acids is 1. The summed E-state index contributed by atoms with van der Waals surface area (Å²) in [6.45, 7) is 0. The maximum Gasteiger partial charge on any atom is 0.276 e. The van der Waals surface area contributed by atoms with Gasteiger partial charge in [-0.3, -0.25) is 14.9 Å². The third kappa shape index (κ3) is 5.55. The second-order valence-electron chi connectivity index (χ2n) is 8.98. The number of H-pyrrole nitrogens is 1. The van der Waals surface area contributed by atoms with Gasteiger partial charge >= 0.3 is 0 Å².